The van der Waals surface area contributed by atoms with Gasteiger partial charge in [0.1, 0.15) is 0 Å². The van der Waals surface area contributed by atoms with Crippen molar-refractivity contribution in [1.82, 2.24) is 0 Å². The first-order valence-corrected chi connectivity index (χ1v) is 19.1. The van der Waals surface area contributed by atoms with Gasteiger partial charge in [0.05, 0.1) is 0 Å². The fourth-order valence-corrected chi connectivity index (χ4v) is 8.46. The first-order valence-electron chi connectivity index (χ1n) is 19.1. The zero-order valence-corrected chi connectivity index (χ0v) is 34.0. The standard InChI is InChI=1S/4C10H19O.Ge/c4*1-7(2)9-5-4-8(3)6-10(9)11;/h4*7-10H,4-6H2,1-3H3;/q4*-1;. The van der Waals surface area contributed by atoms with Crippen LogP contribution in [-0.4, -0.2) is 42.0 Å². The summed E-state index contributed by atoms with van der Waals surface area (Å²) in [6.07, 6.45) is 12.2. The molecule has 0 aromatic rings. The van der Waals surface area contributed by atoms with E-state index in [1.165, 1.54) is 25.7 Å². The molecule has 4 nitrogen and oxygen atoms in total. The second-order valence-corrected chi connectivity index (χ2v) is 17.5. The summed E-state index contributed by atoms with van der Waals surface area (Å²) in [5.41, 5.74) is 0. The van der Waals surface area contributed by atoms with E-state index in [0.29, 0.717) is 71.0 Å². The number of hydrogen-bond acceptors (Lipinski definition) is 4. The predicted molar refractivity (Wildman–Crippen MR) is 186 cm³/mol. The average Bonchev–Trinajstić information content (AvgIpc) is 2.89. The summed E-state index contributed by atoms with van der Waals surface area (Å²) in [6.45, 7) is 26.2. The maximum Gasteiger partial charge on any atom is 0 e. The van der Waals surface area contributed by atoms with Gasteiger partial charge in [-0.1, -0.05) is 184 Å². The summed E-state index contributed by atoms with van der Waals surface area (Å²) in [4.78, 5) is 0. The molecule has 4 fully saturated rings. The van der Waals surface area contributed by atoms with E-state index in [1.807, 2.05) is 0 Å². The zero-order chi connectivity index (χ0) is 33.7. The molecule has 5 heteroatoms. The first-order chi connectivity index (χ1) is 20.4. The molecule has 4 aliphatic rings. The van der Waals surface area contributed by atoms with E-state index in [9.17, 15) is 20.4 Å². The van der Waals surface area contributed by atoms with Gasteiger partial charge in [-0.3, -0.25) is 0 Å². The van der Waals surface area contributed by atoms with Gasteiger partial charge in [0, 0.05) is 17.6 Å². The maximum atomic E-state index is 11.5. The Morgan fingerprint density at radius 3 is 0.600 bits per heavy atom. The van der Waals surface area contributed by atoms with E-state index in [4.69, 9.17) is 0 Å². The molecular weight excluding hydrogens is 617 g/mol. The normalized spacial score (nSPS) is 38.7. The minimum atomic E-state index is -0.279. The Morgan fingerprint density at radius 1 is 0.333 bits per heavy atom. The SMILES string of the molecule is CC1CCC(C(C)C)C([O-])C1.CC1CCC(C(C)C)C([O-])C1.CC1CCC(C(C)C)C([O-])C1.CC1CCC(C(C)C)C([O-])C1.[Ge]. The molecule has 0 N–H and O–H groups in total. The third kappa shape index (κ3) is 17.0. The monoisotopic (exact) mass is 694 g/mol. The van der Waals surface area contributed by atoms with Gasteiger partial charge >= 0.3 is 0 Å². The van der Waals surface area contributed by atoms with Gasteiger partial charge in [0.2, 0.25) is 0 Å². The number of rotatable bonds is 4. The summed E-state index contributed by atoms with van der Waals surface area (Å²) >= 11 is 0. The van der Waals surface area contributed by atoms with Gasteiger partial charge in [0.25, 0.3) is 0 Å². The molecule has 0 aromatic heterocycles. The summed E-state index contributed by atoms with van der Waals surface area (Å²) in [5, 5.41) is 46.1. The Balaban J connectivity index is 0.000000569. The molecule has 4 rings (SSSR count). The van der Waals surface area contributed by atoms with Crippen LogP contribution in [-0.2, 0) is 0 Å². The Labute approximate surface area is 292 Å². The summed E-state index contributed by atoms with van der Waals surface area (Å²) < 4.78 is 0. The van der Waals surface area contributed by atoms with Crippen LogP contribution >= 0.6 is 0 Å². The van der Waals surface area contributed by atoms with Crippen molar-refractivity contribution in [2.24, 2.45) is 71.0 Å². The van der Waals surface area contributed by atoms with Crippen LogP contribution < -0.4 is 20.4 Å². The van der Waals surface area contributed by atoms with Crippen LogP contribution in [0.2, 0.25) is 0 Å². The van der Waals surface area contributed by atoms with Crippen molar-refractivity contribution in [2.45, 2.75) is 185 Å². The van der Waals surface area contributed by atoms with Gasteiger partial charge in [-0.05, 0) is 47.3 Å². The molecule has 4 saturated carbocycles. The molecule has 0 bridgehead atoms. The summed E-state index contributed by atoms with van der Waals surface area (Å²) in [7, 11) is 0. The van der Waals surface area contributed by atoms with Crippen molar-refractivity contribution in [2.75, 3.05) is 0 Å². The topological polar surface area (TPSA) is 92.2 Å². The molecule has 12 unspecified atom stereocenters. The third-order valence-corrected chi connectivity index (χ3v) is 11.8. The van der Waals surface area contributed by atoms with Crippen LogP contribution in [0.4, 0.5) is 0 Å². The summed E-state index contributed by atoms with van der Waals surface area (Å²) in [5.74, 6) is 6.85. The molecule has 45 heavy (non-hydrogen) atoms. The Morgan fingerprint density at radius 2 is 0.489 bits per heavy atom. The van der Waals surface area contributed by atoms with E-state index in [2.05, 4.69) is 83.1 Å². The van der Waals surface area contributed by atoms with E-state index in [0.717, 1.165) is 51.4 Å². The van der Waals surface area contributed by atoms with Gasteiger partial charge in [-0.15, -0.1) is 24.4 Å². The van der Waals surface area contributed by atoms with E-state index < -0.39 is 0 Å². The fourth-order valence-electron chi connectivity index (χ4n) is 8.46. The molecule has 0 aromatic carbocycles. The Bertz CT molecular complexity index is 607. The predicted octanol–water partition coefficient (Wildman–Crippen LogP) is 6.85. The molecule has 12 atom stereocenters. The number of hydrogen-bond donors (Lipinski definition) is 0. The van der Waals surface area contributed by atoms with E-state index in [1.54, 1.807) is 0 Å². The van der Waals surface area contributed by atoms with Crippen molar-refractivity contribution < 1.29 is 20.4 Å². The largest absolute Gasteiger partial charge is 0.852 e. The quantitative estimate of drug-likeness (QED) is 0.302. The van der Waals surface area contributed by atoms with Crippen LogP contribution in [0.3, 0.4) is 0 Å². The molecule has 0 heterocycles. The Kier molecular flexibility index (Phi) is 23.1. The van der Waals surface area contributed by atoms with Crippen LogP contribution in [0.15, 0.2) is 0 Å². The molecule has 4 aliphatic carbocycles. The average molecular weight is 694 g/mol. The van der Waals surface area contributed by atoms with Gasteiger partial charge in [-0.25, -0.2) is 0 Å². The van der Waals surface area contributed by atoms with Crippen LogP contribution in [0.25, 0.3) is 0 Å². The smallest absolute Gasteiger partial charge is 0 e. The third-order valence-electron chi connectivity index (χ3n) is 11.8. The minimum absolute atomic E-state index is 0. The molecule has 0 amide bonds. The van der Waals surface area contributed by atoms with E-state index in [-0.39, 0.29) is 42.0 Å². The van der Waals surface area contributed by atoms with Gasteiger partial charge in [-0.2, -0.15) is 0 Å². The van der Waals surface area contributed by atoms with Gasteiger partial charge < -0.3 is 20.4 Å². The van der Waals surface area contributed by atoms with Crippen LogP contribution in [0, 0.1) is 71.0 Å². The molecule has 0 aliphatic heterocycles. The maximum absolute atomic E-state index is 11.5. The van der Waals surface area contributed by atoms with E-state index >= 15 is 0 Å². The summed E-state index contributed by atoms with van der Waals surface area (Å²) in [6, 6.07) is 0. The second-order valence-electron chi connectivity index (χ2n) is 17.5. The second kappa shape index (κ2) is 22.9. The molecule has 0 spiro atoms. The van der Waals surface area contributed by atoms with Crippen molar-refractivity contribution in [3.8, 4) is 0 Å². The van der Waals surface area contributed by atoms with Crippen molar-refractivity contribution in [3.63, 3.8) is 0 Å². The molecule has 4 radical (unpaired) electrons. The molecule has 0 saturated heterocycles. The van der Waals surface area contributed by atoms with Crippen LogP contribution in [0.1, 0.15) is 160 Å². The molecular formula is C40H76GeO4-4. The van der Waals surface area contributed by atoms with Gasteiger partial charge in [0.15, 0.2) is 0 Å². The minimum Gasteiger partial charge on any atom is -0.852 e. The van der Waals surface area contributed by atoms with Crippen molar-refractivity contribution >= 4 is 17.6 Å². The Hall–Kier alpha value is 0.383. The van der Waals surface area contributed by atoms with Crippen molar-refractivity contribution in [3.05, 3.63) is 0 Å². The molecule has 268 valence electrons. The van der Waals surface area contributed by atoms with Crippen molar-refractivity contribution in [1.29, 1.82) is 0 Å². The zero-order valence-electron chi connectivity index (χ0n) is 31.9. The van der Waals surface area contributed by atoms with Crippen LogP contribution in [0.5, 0.6) is 0 Å². The fraction of sp³-hybridized carbons (Fsp3) is 1.00. The first kappa shape index (κ1) is 45.4.